The lowest BCUT2D eigenvalue weighted by Gasteiger charge is -2.25. The molecule has 0 spiro atoms. The summed E-state index contributed by atoms with van der Waals surface area (Å²) in [6, 6.07) is -0.885. The molecule has 276 valence electrons. The fraction of sp³-hybridized carbons (Fsp3) is 0.667. The number of hydrogen-bond donors (Lipinski definition) is 3. The fourth-order valence-corrected chi connectivity index (χ4v) is 5.17. The van der Waals surface area contributed by atoms with Gasteiger partial charge in [-0.1, -0.05) is 106 Å². The van der Waals surface area contributed by atoms with Crippen molar-refractivity contribution in [1.82, 2.24) is 5.32 Å². The van der Waals surface area contributed by atoms with Crippen molar-refractivity contribution in [1.29, 1.82) is 0 Å². The molecule has 0 aromatic heterocycles. The number of nitrogens with zero attached hydrogens (tertiary/aromatic N) is 1. The van der Waals surface area contributed by atoms with Gasteiger partial charge < -0.3 is 19.8 Å². The number of aliphatic hydroxyl groups excluding tert-OH is 1. The molecular weight excluding hydrogens is 623 g/mol. The van der Waals surface area contributed by atoms with E-state index in [2.05, 4.69) is 79.9 Å². The minimum absolute atomic E-state index is 0.0437. The van der Waals surface area contributed by atoms with E-state index in [0.717, 1.165) is 77.0 Å². The Hall–Kier alpha value is -2.06. The molecule has 8 nitrogen and oxygen atoms in total. The molecule has 0 aromatic carbocycles. The van der Waals surface area contributed by atoms with Crippen molar-refractivity contribution >= 4 is 13.7 Å². The van der Waals surface area contributed by atoms with E-state index in [9.17, 15) is 19.4 Å². The zero-order valence-corrected chi connectivity index (χ0v) is 31.8. The second-order valence-corrected chi connectivity index (χ2v) is 14.6. The number of allylic oxidation sites excluding steroid dienone is 11. The van der Waals surface area contributed by atoms with Gasteiger partial charge in [-0.3, -0.25) is 13.8 Å². The minimum atomic E-state index is -4.35. The van der Waals surface area contributed by atoms with E-state index in [1.54, 1.807) is 6.08 Å². The predicted molar refractivity (Wildman–Crippen MR) is 203 cm³/mol. The molecule has 0 aliphatic carbocycles. The first-order valence-corrected chi connectivity index (χ1v) is 19.8. The van der Waals surface area contributed by atoms with Crippen LogP contribution in [0.4, 0.5) is 0 Å². The number of aliphatic hydroxyl groups is 1. The second kappa shape index (κ2) is 31.0. The van der Waals surface area contributed by atoms with Crippen LogP contribution in [0.1, 0.15) is 117 Å². The van der Waals surface area contributed by atoms with Gasteiger partial charge in [0.1, 0.15) is 13.2 Å². The molecule has 0 heterocycles. The van der Waals surface area contributed by atoms with Crippen LogP contribution >= 0.6 is 7.82 Å². The molecular formula is C39H70N2O6P+. The summed E-state index contributed by atoms with van der Waals surface area (Å²) < 4.78 is 23.4. The first-order valence-electron chi connectivity index (χ1n) is 18.3. The zero-order chi connectivity index (χ0) is 35.8. The van der Waals surface area contributed by atoms with Crippen LogP contribution in [0.2, 0.25) is 0 Å². The third-order valence-corrected chi connectivity index (χ3v) is 8.37. The lowest BCUT2D eigenvalue weighted by molar-refractivity contribution is -0.870. The minimum Gasteiger partial charge on any atom is -0.387 e. The molecule has 0 rings (SSSR count). The molecule has 3 N–H and O–H groups in total. The molecule has 3 unspecified atom stereocenters. The number of quaternary nitrogens is 1. The maximum atomic E-state index is 12.7. The lowest BCUT2D eigenvalue weighted by Crippen LogP contribution is -2.45. The SMILES string of the molecule is CC/C=C\C/C=C\C/C=C\CCCCCC(=O)NC(COP(=O)(O)OCC[N+](C)(C)C)C(O)/C=C/CC/C=C/CC/C=C/CCCCC. The van der Waals surface area contributed by atoms with Crippen molar-refractivity contribution in [3.8, 4) is 0 Å². The highest BCUT2D eigenvalue weighted by Crippen LogP contribution is 2.43. The Kier molecular flexibility index (Phi) is 29.6. The molecule has 0 radical (unpaired) electrons. The maximum absolute atomic E-state index is 12.7. The van der Waals surface area contributed by atoms with E-state index >= 15 is 0 Å². The van der Waals surface area contributed by atoms with E-state index in [4.69, 9.17) is 9.05 Å². The van der Waals surface area contributed by atoms with Crippen molar-refractivity contribution in [3.05, 3.63) is 72.9 Å². The Morgan fingerprint density at radius 1 is 0.729 bits per heavy atom. The van der Waals surface area contributed by atoms with Gasteiger partial charge >= 0.3 is 7.82 Å². The van der Waals surface area contributed by atoms with E-state index in [0.29, 0.717) is 17.4 Å². The number of amides is 1. The number of nitrogens with one attached hydrogen (secondary N) is 1. The average molecular weight is 694 g/mol. The topological polar surface area (TPSA) is 105 Å². The van der Waals surface area contributed by atoms with E-state index in [1.165, 1.54) is 19.3 Å². The van der Waals surface area contributed by atoms with Crippen LogP contribution in [0.5, 0.6) is 0 Å². The number of phosphoric acid groups is 1. The molecule has 0 aliphatic rings. The van der Waals surface area contributed by atoms with Crippen molar-refractivity contribution in [2.45, 2.75) is 129 Å². The molecule has 48 heavy (non-hydrogen) atoms. The molecule has 0 aliphatic heterocycles. The van der Waals surface area contributed by atoms with Gasteiger partial charge in [-0.25, -0.2) is 4.57 Å². The Morgan fingerprint density at radius 2 is 1.27 bits per heavy atom. The molecule has 0 aromatic rings. The van der Waals surface area contributed by atoms with Crippen LogP contribution in [0.15, 0.2) is 72.9 Å². The number of rotatable bonds is 31. The summed E-state index contributed by atoms with van der Waals surface area (Å²) in [5.74, 6) is -0.227. The van der Waals surface area contributed by atoms with Crippen LogP contribution in [-0.2, 0) is 18.4 Å². The first-order chi connectivity index (χ1) is 23.0. The zero-order valence-electron chi connectivity index (χ0n) is 30.9. The van der Waals surface area contributed by atoms with Crippen molar-refractivity contribution in [2.24, 2.45) is 0 Å². The molecule has 3 atom stereocenters. The first kappa shape index (κ1) is 45.9. The maximum Gasteiger partial charge on any atom is 0.472 e. The van der Waals surface area contributed by atoms with Gasteiger partial charge in [-0.15, -0.1) is 0 Å². The lowest BCUT2D eigenvalue weighted by atomic mass is 10.1. The van der Waals surface area contributed by atoms with Gasteiger partial charge in [0.25, 0.3) is 0 Å². The molecule has 0 saturated carbocycles. The molecule has 0 saturated heterocycles. The summed E-state index contributed by atoms with van der Waals surface area (Å²) in [5, 5.41) is 13.7. The third-order valence-electron chi connectivity index (χ3n) is 7.39. The standard InChI is InChI=1S/C39H69N2O6P/c1-6-8-10-12-14-16-18-20-22-24-26-28-30-32-38(42)37(36-47-48(44,45)46-35-34-41(3,4)5)40-39(43)33-31-29-27-25-23-21-19-17-15-13-11-9-7-2/h9,11,14-17,21-24,30,32,37-38,42H,6-8,10,12-13,18-20,25-29,31,33-36H2,1-5H3,(H-,40,43,44,45)/p+1/b11-9-,16-14+,17-15-,23-21-,24-22+,32-30+. The summed E-state index contributed by atoms with van der Waals surface area (Å²) in [4.78, 5) is 22.9. The molecule has 1 amide bonds. The number of hydrogen-bond acceptors (Lipinski definition) is 5. The predicted octanol–water partition coefficient (Wildman–Crippen LogP) is 9.29. The summed E-state index contributed by atoms with van der Waals surface area (Å²) in [7, 11) is 1.51. The fourth-order valence-electron chi connectivity index (χ4n) is 4.44. The summed E-state index contributed by atoms with van der Waals surface area (Å²) in [6.45, 7) is 4.56. The quantitative estimate of drug-likeness (QED) is 0.0289. The van der Waals surface area contributed by atoms with Gasteiger partial charge in [0.15, 0.2) is 0 Å². The van der Waals surface area contributed by atoms with Gasteiger partial charge in [0.05, 0.1) is 39.9 Å². The Bertz CT molecular complexity index is 1010. The van der Waals surface area contributed by atoms with Crippen LogP contribution in [-0.4, -0.2) is 73.4 Å². The van der Waals surface area contributed by atoms with Gasteiger partial charge in [-0.05, 0) is 77.0 Å². The van der Waals surface area contributed by atoms with Crippen LogP contribution in [0.3, 0.4) is 0 Å². The summed E-state index contributed by atoms with van der Waals surface area (Å²) in [6.07, 6.45) is 39.7. The average Bonchev–Trinajstić information content (AvgIpc) is 3.02. The van der Waals surface area contributed by atoms with Gasteiger partial charge in [0, 0.05) is 6.42 Å². The molecule has 9 heteroatoms. The highest BCUT2D eigenvalue weighted by atomic mass is 31.2. The number of likely N-dealkylation sites (N-methyl/N-ethyl adjacent to an activating group) is 1. The van der Waals surface area contributed by atoms with Crippen molar-refractivity contribution in [2.75, 3.05) is 40.9 Å². The number of unbranched alkanes of at least 4 members (excludes halogenated alkanes) is 8. The monoisotopic (exact) mass is 693 g/mol. The van der Waals surface area contributed by atoms with Gasteiger partial charge in [-0.2, -0.15) is 0 Å². The van der Waals surface area contributed by atoms with Crippen LogP contribution in [0, 0.1) is 0 Å². The molecule has 0 bridgehead atoms. The van der Waals surface area contributed by atoms with Crippen molar-refractivity contribution < 1.29 is 32.9 Å². The highest BCUT2D eigenvalue weighted by molar-refractivity contribution is 7.47. The normalized spacial score (nSPS) is 15.6. The number of phosphoric ester groups is 1. The van der Waals surface area contributed by atoms with E-state index < -0.39 is 20.0 Å². The number of carbonyl (C=O) groups excluding carboxylic acids is 1. The summed E-state index contributed by atoms with van der Waals surface area (Å²) >= 11 is 0. The largest absolute Gasteiger partial charge is 0.472 e. The Labute approximate surface area is 294 Å². The second-order valence-electron chi connectivity index (χ2n) is 13.2. The van der Waals surface area contributed by atoms with Crippen LogP contribution in [0.25, 0.3) is 0 Å². The summed E-state index contributed by atoms with van der Waals surface area (Å²) in [5.41, 5.74) is 0. The Balaban J connectivity index is 4.73. The number of carbonyl (C=O) groups is 1. The van der Waals surface area contributed by atoms with Gasteiger partial charge in [0.2, 0.25) is 5.91 Å². The van der Waals surface area contributed by atoms with Crippen molar-refractivity contribution in [3.63, 3.8) is 0 Å². The third kappa shape index (κ3) is 32.5. The van der Waals surface area contributed by atoms with Crippen LogP contribution < -0.4 is 5.32 Å². The van der Waals surface area contributed by atoms with E-state index in [-0.39, 0.29) is 19.1 Å². The smallest absolute Gasteiger partial charge is 0.387 e. The van der Waals surface area contributed by atoms with E-state index in [1.807, 2.05) is 27.2 Å². The Morgan fingerprint density at radius 3 is 1.88 bits per heavy atom. The molecule has 0 fully saturated rings. The highest BCUT2D eigenvalue weighted by Gasteiger charge is 2.27.